The summed E-state index contributed by atoms with van der Waals surface area (Å²) in [6, 6.07) is 1.05. The van der Waals surface area contributed by atoms with Gasteiger partial charge in [0.15, 0.2) is 0 Å². The summed E-state index contributed by atoms with van der Waals surface area (Å²) in [5, 5.41) is 12.8. The molecule has 2 fully saturated rings. The molecule has 0 heterocycles. The maximum Gasteiger partial charge on any atom is 0.306 e. The van der Waals surface area contributed by atoms with Crippen LogP contribution < -0.4 is 5.32 Å². The van der Waals surface area contributed by atoms with Crippen LogP contribution in [0.5, 0.6) is 0 Å². The first-order valence-electron chi connectivity index (χ1n) is 7.06. The molecule has 2 N–H and O–H groups in total. The Balaban J connectivity index is 1.84. The van der Waals surface area contributed by atoms with Crippen LogP contribution in [0.1, 0.15) is 52.4 Å². The first kappa shape index (κ1) is 12.9. The van der Waals surface area contributed by atoms with Crippen molar-refractivity contribution in [2.45, 2.75) is 64.5 Å². The highest BCUT2D eigenvalue weighted by Gasteiger charge is 2.33. The Labute approximate surface area is 104 Å². The Kier molecular flexibility index (Phi) is 4.08. The second-order valence-electron chi connectivity index (χ2n) is 6.09. The van der Waals surface area contributed by atoms with E-state index in [1.807, 2.05) is 0 Å². The molecule has 0 spiro atoms. The molecule has 0 aliphatic heterocycles. The van der Waals surface area contributed by atoms with Gasteiger partial charge in [0.1, 0.15) is 0 Å². The van der Waals surface area contributed by atoms with Crippen LogP contribution in [0.25, 0.3) is 0 Å². The summed E-state index contributed by atoms with van der Waals surface area (Å²) in [4.78, 5) is 11.0. The highest BCUT2D eigenvalue weighted by Crippen LogP contribution is 2.33. The molecule has 2 aliphatic carbocycles. The standard InChI is InChI=1S/C14H25NO2/c1-9-6-7-13(10(9)2)15-12-5-3-4-11(8-12)14(16)17/h9-13,15H,3-8H2,1-2H3,(H,16,17). The summed E-state index contributed by atoms with van der Waals surface area (Å²) < 4.78 is 0. The lowest BCUT2D eigenvalue weighted by molar-refractivity contribution is -0.143. The number of carboxylic acid groups (broad SMARTS) is 1. The minimum Gasteiger partial charge on any atom is -0.481 e. The van der Waals surface area contributed by atoms with Crippen LogP contribution in [0.2, 0.25) is 0 Å². The van der Waals surface area contributed by atoms with E-state index in [0.717, 1.165) is 37.5 Å². The van der Waals surface area contributed by atoms with Crippen molar-refractivity contribution in [1.29, 1.82) is 0 Å². The fourth-order valence-electron chi connectivity index (χ4n) is 3.47. The van der Waals surface area contributed by atoms with Gasteiger partial charge in [0.25, 0.3) is 0 Å². The molecule has 17 heavy (non-hydrogen) atoms. The third kappa shape index (κ3) is 3.01. The van der Waals surface area contributed by atoms with E-state index in [9.17, 15) is 4.79 Å². The molecule has 2 saturated carbocycles. The van der Waals surface area contributed by atoms with Gasteiger partial charge >= 0.3 is 5.97 Å². The summed E-state index contributed by atoms with van der Waals surface area (Å²) >= 11 is 0. The monoisotopic (exact) mass is 239 g/mol. The fraction of sp³-hybridized carbons (Fsp3) is 0.929. The Morgan fingerprint density at radius 2 is 1.94 bits per heavy atom. The molecule has 3 heteroatoms. The normalized spacial score (nSPS) is 42.6. The molecule has 3 nitrogen and oxygen atoms in total. The number of carboxylic acids is 1. The molecular weight excluding hydrogens is 214 g/mol. The van der Waals surface area contributed by atoms with Crippen molar-refractivity contribution in [3.8, 4) is 0 Å². The predicted octanol–water partition coefficient (Wildman–Crippen LogP) is 2.65. The van der Waals surface area contributed by atoms with Crippen molar-refractivity contribution in [3.63, 3.8) is 0 Å². The number of aliphatic carboxylic acids is 1. The molecule has 0 saturated heterocycles. The average Bonchev–Trinajstić information content (AvgIpc) is 2.61. The molecule has 5 atom stereocenters. The van der Waals surface area contributed by atoms with Gasteiger partial charge in [-0.25, -0.2) is 0 Å². The van der Waals surface area contributed by atoms with Gasteiger partial charge in [0, 0.05) is 12.1 Å². The lowest BCUT2D eigenvalue weighted by atomic mass is 9.85. The van der Waals surface area contributed by atoms with Gasteiger partial charge in [-0.15, -0.1) is 0 Å². The molecule has 2 rings (SSSR count). The minimum absolute atomic E-state index is 0.115. The SMILES string of the molecule is CC1CCC(NC2CCCC(C(=O)O)C2)C1C. The zero-order valence-corrected chi connectivity index (χ0v) is 11.0. The second kappa shape index (κ2) is 5.38. The van der Waals surface area contributed by atoms with E-state index >= 15 is 0 Å². The maximum absolute atomic E-state index is 11.0. The van der Waals surface area contributed by atoms with Crippen LogP contribution in [0.3, 0.4) is 0 Å². The van der Waals surface area contributed by atoms with Gasteiger partial charge in [-0.3, -0.25) is 4.79 Å². The Morgan fingerprint density at radius 1 is 1.18 bits per heavy atom. The van der Waals surface area contributed by atoms with Crippen LogP contribution in [-0.4, -0.2) is 23.2 Å². The summed E-state index contributed by atoms with van der Waals surface area (Å²) in [6.45, 7) is 4.65. The highest BCUT2D eigenvalue weighted by atomic mass is 16.4. The van der Waals surface area contributed by atoms with E-state index in [4.69, 9.17) is 5.11 Å². The lowest BCUT2D eigenvalue weighted by Crippen LogP contribution is -2.43. The van der Waals surface area contributed by atoms with Gasteiger partial charge in [0.05, 0.1) is 5.92 Å². The Bertz CT molecular complexity index is 279. The van der Waals surface area contributed by atoms with E-state index in [1.165, 1.54) is 12.8 Å². The molecule has 0 bridgehead atoms. The Hall–Kier alpha value is -0.570. The van der Waals surface area contributed by atoms with Crippen molar-refractivity contribution in [3.05, 3.63) is 0 Å². The zero-order chi connectivity index (χ0) is 12.4. The molecule has 0 aromatic carbocycles. The average molecular weight is 239 g/mol. The van der Waals surface area contributed by atoms with Crippen LogP contribution in [-0.2, 0) is 4.79 Å². The first-order chi connectivity index (χ1) is 8.08. The molecule has 2 aliphatic rings. The third-order valence-corrected chi connectivity index (χ3v) is 4.94. The van der Waals surface area contributed by atoms with Crippen LogP contribution in [0, 0.1) is 17.8 Å². The van der Waals surface area contributed by atoms with E-state index in [-0.39, 0.29) is 5.92 Å². The Morgan fingerprint density at radius 3 is 2.53 bits per heavy atom. The van der Waals surface area contributed by atoms with Crippen LogP contribution in [0.15, 0.2) is 0 Å². The summed E-state index contributed by atoms with van der Waals surface area (Å²) in [5.74, 6) is 0.825. The smallest absolute Gasteiger partial charge is 0.306 e. The zero-order valence-electron chi connectivity index (χ0n) is 11.0. The number of rotatable bonds is 3. The maximum atomic E-state index is 11.0. The molecule has 98 valence electrons. The largest absolute Gasteiger partial charge is 0.481 e. The summed E-state index contributed by atoms with van der Waals surface area (Å²) in [7, 11) is 0. The fourth-order valence-corrected chi connectivity index (χ4v) is 3.47. The molecular formula is C14H25NO2. The predicted molar refractivity (Wildman–Crippen MR) is 67.9 cm³/mol. The van der Waals surface area contributed by atoms with E-state index in [0.29, 0.717) is 12.1 Å². The van der Waals surface area contributed by atoms with E-state index in [1.54, 1.807) is 0 Å². The van der Waals surface area contributed by atoms with Gasteiger partial charge in [-0.1, -0.05) is 20.3 Å². The number of carbonyl (C=O) groups is 1. The highest BCUT2D eigenvalue weighted by molar-refractivity contribution is 5.70. The van der Waals surface area contributed by atoms with Gasteiger partial charge in [-0.05, 0) is 43.9 Å². The first-order valence-corrected chi connectivity index (χ1v) is 7.06. The van der Waals surface area contributed by atoms with Crippen molar-refractivity contribution in [2.75, 3.05) is 0 Å². The van der Waals surface area contributed by atoms with Crippen molar-refractivity contribution in [1.82, 2.24) is 5.32 Å². The van der Waals surface area contributed by atoms with Crippen molar-refractivity contribution in [2.24, 2.45) is 17.8 Å². The number of hydrogen-bond donors (Lipinski definition) is 2. The molecule has 0 aromatic heterocycles. The molecule has 0 amide bonds. The topological polar surface area (TPSA) is 49.3 Å². The second-order valence-corrected chi connectivity index (χ2v) is 6.09. The lowest BCUT2D eigenvalue weighted by Gasteiger charge is -2.31. The molecule has 0 radical (unpaired) electrons. The molecule has 5 unspecified atom stereocenters. The van der Waals surface area contributed by atoms with E-state index in [2.05, 4.69) is 19.2 Å². The van der Waals surface area contributed by atoms with Crippen LogP contribution >= 0.6 is 0 Å². The summed E-state index contributed by atoms with van der Waals surface area (Å²) in [5.41, 5.74) is 0. The van der Waals surface area contributed by atoms with E-state index < -0.39 is 5.97 Å². The van der Waals surface area contributed by atoms with Crippen molar-refractivity contribution < 1.29 is 9.90 Å². The summed E-state index contributed by atoms with van der Waals surface area (Å²) in [6.07, 6.45) is 6.48. The third-order valence-electron chi connectivity index (χ3n) is 4.94. The van der Waals surface area contributed by atoms with Crippen molar-refractivity contribution >= 4 is 5.97 Å². The van der Waals surface area contributed by atoms with Gasteiger partial charge in [0.2, 0.25) is 0 Å². The minimum atomic E-state index is -0.607. The quantitative estimate of drug-likeness (QED) is 0.796. The molecule has 0 aromatic rings. The van der Waals surface area contributed by atoms with Gasteiger partial charge in [-0.2, -0.15) is 0 Å². The van der Waals surface area contributed by atoms with Crippen LogP contribution in [0.4, 0.5) is 0 Å². The number of nitrogens with one attached hydrogen (secondary N) is 1. The van der Waals surface area contributed by atoms with Gasteiger partial charge < -0.3 is 10.4 Å². The number of hydrogen-bond acceptors (Lipinski definition) is 2.